The van der Waals surface area contributed by atoms with E-state index in [0.717, 1.165) is 31.5 Å². The zero-order valence-corrected chi connectivity index (χ0v) is 19.4. The third-order valence-corrected chi connectivity index (χ3v) is 4.98. The Bertz CT molecular complexity index is 869. The van der Waals surface area contributed by atoms with Crippen molar-refractivity contribution >= 4 is 53.6 Å². The normalized spacial score (nSPS) is 11.5. The highest BCUT2D eigenvalue weighted by Gasteiger charge is 2.10. The minimum atomic E-state index is -0.112. The first-order valence-electron chi connectivity index (χ1n) is 7.91. The van der Waals surface area contributed by atoms with Crippen molar-refractivity contribution in [1.82, 2.24) is 4.98 Å². The number of halogens is 3. The van der Waals surface area contributed by atoms with Gasteiger partial charge in [0.2, 0.25) is 0 Å². The molecule has 2 aromatic carbocycles. The Morgan fingerprint density at radius 1 is 0.962 bits per heavy atom. The van der Waals surface area contributed by atoms with Crippen LogP contribution in [0.2, 0.25) is 0 Å². The van der Waals surface area contributed by atoms with Crippen molar-refractivity contribution in [1.29, 1.82) is 0 Å². The van der Waals surface area contributed by atoms with E-state index in [1.165, 1.54) is 0 Å². The molecule has 0 aliphatic heterocycles. The van der Waals surface area contributed by atoms with Crippen molar-refractivity contribution in [3.63, 3.8) is 0 Å². The zero-order chi connectivity index (χ0) is 19.3. The van der Waals surface area contributed by atoms with Gasteiger partial charge < -0.3 is 4.42 Å². The number of carbonyl (C=O) groups is 1. The molecule has 1 atom stereocenters. The molecule has 0 aliphatic carbocycles. The standard InChI is InChI=1S/C11H10BrNO.C9H8Br2O/c1-7-11(13-8(2)14-7)9-3-5-10(12)6-4-9;1-6(10)9(12)7-2-4-8(11)5-3-7/h3-6H,1-2H3;2-6H,1H3. The van der Waals surface area contributed by atoms with Crippen LogP contribution in [0.4, 0.5) is 0 Å². The number of Topliss-reactive ketones (excluding diaryl/α,β-unsaturated/α-hetero) is 1. The van der Waals surface area contributed by atoms with Gasteiger partial charge >= 0.3 is 0 Å². The number of benzene rings is 2. The van der Waals surface area contributed by atoms with Gasteiger partial charge in [-0.2, -0.15) is 0 Å². The molecule has 1 unspecified atom stereocenters. The fourth-order valence-corrected chi connectivity index (χ4v) is 3.04. The van der Waals surface area contributed by atoms with Crippen molar-refractivity contribution < 1.29 is 9.21 Å². The monoisotopic (exact) mass is 541 g/mol. The molecule has 0 aliphatic rings. The lowest BCUT2D eigenvalue weighted by Crippen LogP contribution is -2.09. The van der Waals surface area contributed by atoms with Crippen LogP contribution in [0.25, 0.3) is 11.3 Å². The van der Waals surface area contributed by atoms with Crippen LogP contribution in [-0.2, 0) is 0 Å². The highest BCUT2D eigenvalue weighted by atomic mass is 79.9. The van der Waals surface area contributed by atoms with Crippen LogP contribution in [0.15, 0.2) is 61.9 Å². The lowest BCUT2D eigenvalue weighted by molar-refractivity contribution is 0.0996. The summed E-state index contributed by atoms with van der Waals surface area (Å²) in [4.78, 5) is 15.6. The third-order valence-electron chi connectivity index (χ3n) is 3.51. The molecule has 0 amide bonds. The molecule has 3 aromatic rings. The third kappa shape index (κ3) is 5.89. The molecule has 0 radical (unpaired) electrons. The second-order valence-electron chi connectivity index (χ2n) is 5.63. The van der Waals surface area contributed by atoms with Crippen molar-refractivity contribution in [3.05, 3.63) is 74.7 Å². The van der Waals surface area contributed by atoms with Gasteiger partial charge in [0, 0.05) is 27.0 Å². The van der Waals surface area contributed by atoms with Crippen LogP contribution in [0.1, 0.15) is 28.9 Å². The number of aryl methyl sites for hydroxylation is 2. The maximum absolute atomic E-state index is 11.4. The Labute approximate surface area is 178 Å². The summed E-state index contributed by atoms with van der Waals surface area (Å²) < 4.78 is 7.43. The molecular weight excluding hydrogens is 526 g/mol. The molecule has 26 heavy (non-hydrogen) atoms. The van der Waals surface area contributed by atoms with Gasteiger partial charge in [0.15, 0.2) is 11.7 Å². The quantitative estimate of drug-likeness (QED) is 0.260. The van der Waals surface area contributed by atoms with E-state index in [4.69, 9.17) is 4.42 Å². The van der Waals surface area contributed by atoms with Crippen LogP contribution in [0.5, 0.6) is 0 Å². The minimum absolute atomic E-state index is 0.112. The van der Waals surface area contributed by atoms with Crippen LogP contribution in [0, 0.1) is 13.8 Å². The van der Waals surface area contributed by atoms with E-state index in [0.29, 0.717) is 5.89 Å². The fourth-order valence-electron chi connectivity index (χ4n) is 2.25. The molecule has 0 bridgehead atoms. The number of hydrogen-bond donors (Lipinski definition) is 0. The molecule has 0 fully saturated rings. The summed E-state index contributed by atoms with van der Waals surface area (Å²) in [5, 5.41) is 0. The average Bonchev–Trinajstić information content (AvgIpc) is 2.94. The van der Waals surface area contributed by atoms with Crippen LogP contribution in [-0.4, -0.2) is 15.6 Å². The molecule has 1 aromatic heterocycles. The summed E-state index contributed by atoms with van der Waals surface area (Å²) >= 11 is 9.94. The number of alkyl halides is 1. The summed E-state index contributed by atoms with van der Waals surface area (Å²) in [6.07, 6.45) is 0. The highest BCUT2D eigenvalue weighted by Crippen LogP contribution is 2.24. The number of carbonyl (C=O) groups excluding carboxylic acids is 1. The zero-order valence-electron chi connectivity index (χ0n) is 14.6. The molecule has 0 saturated carbocycles. The predicted molar refractivity (Wildman–Crippen MR) is 116 cm³/mol. The van der Waals surface area contributed by atoms with Crippen molar-refractivity contribution in [2.24, 2.45) is 0 Å². The van der Waals surface area contributed by atoms with Crippen molar-refractivity contribution in [2.45, 2.75) is 25.6 Å². The van der Waals surface area contributed by atoms with Gasteiger partial charge in [0.05, 0.1) is 4.83 Å². The van der Waals surface area contributed by atoms with Gasteiger partial charge in [-0.25, -0.2) is 4.98 Å². The summed E-state index contributed by atoms with van der Waals surface area (Å²) in [5.74, 6) is 1.69. The average molecular weight is 544 g/mol. The molecule has 3 nitrogen and oxygen atoms in total. The van der Waals surface area contributed by atoms with E-state index < -0.39 is 0 Å². The molecule has 3 rings (SSSR count). The van der Waals surface area contributed by atoms with E-state index in [1.807, 2.05) is 69.3 Å². The first kappa shape index (κ1) is 21.1. The first-order valence-corrected chi connectivity index (χ1v) is 10.4. The minimum Gasteiger partial charge on any atom is -0.446 e. The molecule has 0 N–H and O–H groups in total. The smallest absolute Gasteiger partial charge is 0.191 e. The van der Waals surface area contributed by atoms with Crippen molar-refractivity contribution in [3.8, 4) is 11.3 Å². The number of rotatable bonds is 3. The lowest BCUT2D eigenvalue weighted by Gasteiger charge is -2.01. The molecular formula is C20H18Br3NO2. The summed E-state index contributed by atoms with van der Waals surface area (Å²) in [7, 11) is 0. The summed E-state index contributed by atoms with van der Waals surface area (Å²) in [5.41, 5.74) is 2.75. The first-order chi connectivity index (χ1) is 12.3. The Hall–Kier alpha value is -1.24. The SMILES string of the molecule is CC(Br)C(=O)c1ccc(Br)cc1.Cc1nc(-c2ccc(Br)cc2)c(C)o1. The van der Waals surface area contributed by atoms with E-state index in [-0.39, 0.29) is 10.6 Å². The molecule has 136 valence electrons. The Kier molecular flexibility index (Phi) is 7.80. The number of oxazole rings is 1. The van der Waals surface area contributed by atoms with Gasteiger partial charge in [-0.05, 0) is 38.1 Å². The summed E-state index contributed by atoms with van der Waals surface area (Å²) in [6, 6.07) is 15.4. The maximum Gasteiger partial charge on any atom is 0.191 e. The van der Waals surface area contributed by atoms with Gasteiger partial charge in [-0.3, -0.25) is 4.79 Å². The van der Waals surface area contributed by atoms with Gasteiger partial charge in [0.25, 0.3) is 0 Å². The number of ketones is 1. The topological polar surface area (TPSA) is 43.1 Å². The second-order valence-corrected chi connectivity index (χ2v) is 8.84. The van der Waals surface area contributed by atoms with Gasteiger partial charge in [0.1, 0.15) is 11.5 Å². The second kappa shape index (κ2) is 9.62. The Balaban J connectivity index is 0.000000190. The van der Waals surface area contributed by atoms with Crippen molar-refractivity contribution in [2.75, 3.05) is 0 Å². The predicted octanol–water partition coefficient (Wildman–Crippen LogP) is 7.14. The van der Waals surface area contributed by atoms with Crippen LogP contribution in [0.3, 0.4) is 0 Å². The summed E-state index contributed by atoms with van der Waals surface area (Å²) in [6.45, 7) is 5.61. The van der Waals surface area contributed by atoms with Crippen LogP contribution < -0.4 is 0 Å². The molecule has 0 spiro atoms. The van der Waals surface area contributed by atoms with E-state index in [2.05, 4.69) is 52.8 Å². The van der Waals surface area contributed by atoms with Gasteiger partial charge in [-0.1, -0.05) is 72.1 Å². The van der Waals surface area contributed by atoms with E-state index in [9.17, 15) is 4.79 Å². The van der Waals surface area contributed by atoms with Crippen LogP contribution >= 0.6 is 47.8 Å². The Morgan fingerprint density at radius 2 is 1.46 bits per heavy atom. The maximum atomic E-state index is 11.4. The van der Waals surface area contributed by atoms with E-state index in [1.54, 1.807) is 0 Å². The van der Waals surface area contributed by atoms with E-state index >= 15 is 0 Å². The van der Waals surface area contributed by atoms with Gasteiger partial charge in [-0.15, -0.1) is 0 Å². The number of hydrogen-bond acceptors (Lipinski definition) is 3. The number of nitrogens with zero attached hydrogens (tertiary/aromatic N) is 1. The number of aromatic nitrogens is 1. The lowest BCUT2D eigenvalue weighted by atomic mass is 10.1. The highest BCUT2D eigenvalue weighted by molar-refractivity contribution is 9.10. The molecule has 0 saturated heterocycles. The molecule has 1 heterocycles. The largest absolute Gasteiger partial charge is 0.446 e. The molecule has 6 heteroatoms. The Morgan fingerprint density at radius 3 is 1.88 bits per heavy atom. The fraction of sp³-hybridized carbons (Fsp3) is 0.200.